The van der Waals surface area contributed by atoms with E-state index in [1.807, 2.05) is 17.5 Å². The number of nitrogens with zero attached hydrogens (tertiary/aromatic N) is 6. The third-order valence-corrected chi connectivity index (χ3v) is 3.81. The number of anilines is 1. The van der Waals surface area contributed by atoms with Crippen LogP contribution >= 0.6 is 0 Å². The first-order valence-electron chi connectivity index (χ1n) is 7.05. The summed E-state index contributed by atoms with van der Waals surface area (Å²) in [6.07, 6.45) is 3.66. The second-order valence-electron chi connectivity index (χ2n) is 5.29. The van der Waals surface area contributed by atoms with E-state index in [4.69, 9.17) is 0 Å². The summed E-state index contributed by atoms with van der Waals surface area (Å²) in [4.78, 5) is 9.19. The molecule has 1 saturated heterocycles. The van der Waals surface area contributed by atoms with Crippen LogP contribution in [-0.4, -0.2) is 75.7 Å². The van der Waals surface area contributed by atoms with Gasteiger partial charge < -0.3 is 10.2 Å². The summed E-state index contributed by atoms with van der Waals surface area (Å²) in [7, 11) is 2.17. The third-order valence-electron chi connectivity index (χ3n) is 3.81. The number of aromatic nitrogens is 4. The zero-order valence-corrected chi connectivity index (χ0v) is 12.1. The zero-order chi connectivity index (χ0) is 13.9. The third kappa shape index (κ3) is 2.73. The molecule has 3 rings (SSSR count). The molecule has 0 radical (unpaired) electrons. The molecule has 0 spiro atoms. The Bertz CT molecular complexity index is 571. The smallest absolute Gasteiger partial charge is 0.203 e. The van der Waals surface area contributed by atoms with Gasteiger partial charge in [0.2, 0.25) is 5.65 Å². The minimum atomic E-state index is 0.795. The lowest BCUT2D eigenvalue weighted by Crippen LogP contribution is -2.45. The summed E-state index contributed by atoms with van der Waals surface area (Å²) in [6.45, 7) is 8.42. The van der Waals surface area contributed by atoms with Crippen molar-refractivity contribution in [2.45, 2.75) is 6.92 Å². The molecule has 0 aliphatic carbocycles. The van der Waals surface area contributed by atoms with E-state index in [-0.39, 0.29) is 0 Å². The van der Waals surface area contributed by atoms with Gasteiger partial charge in [0.25, 0.3) is 0 Å². The number of hydrogen-bond donors (Lipinski definition) is 1. The maximum Gasteiger partial charge on any atom is 0.203 e. The molecule has 1 aliphatic rings. The molecule has 7 nitrogen and oxygen atoms in total. The van der Waals surface area contributed by atoms with Gasteiger partial charge in [0.1, 0.15) is 5.82 Å². The molecule has 0 amide bonds. The zero-order valence-electron chi connectivity index (χ0n) is 12.1. The van der Waals surface area contributed by atoms with Gasteiger partial charge in [-0.2, -0.15) is 0 Å². The Morgan fingerprint density at radius 1 is 1.20 bits per heavy atom. The summed E-state index contributed by atoms with van der Waals surface area (Å²) >= 11 is 0. The summed E-state index contributed by atoms with van der Waals surface area (Å²) in [5.74, 6) is 1.69. The van der Waals surface area contributed by atoms with Gasteiger partial charge in [0.15, 0.2) is 5.82 Å². The summed E-state index contributed by atoms with van der Waals surface area (Å²) < 4.78 is 1.95. The molecule has 2 aromatic rings. The summed E-state index contributed by atoms with van der Waals surface area (Å²) in [5, 5.41) is 11.6. The Morgan fingerprint density at radius 3 is 2.80 bits per heavy atom. The van der Waals surface area contributed by atoms with Crippen LogP contribution in [0.1, 0.15) is 5.82 Å². The molecule has 0 saturated carbocycles. The van der Waals surface area contributed by atoms with Crippen LogP contribution in [-0.2, 0) is 0 Å². The van der Waals surface area contributed by atoms with Crippen molar-refractivity contribution in [2.24, 2.45) is 0 Å². The monoisotopic (exact) mass is 275 g/mol. The molecule has 0 bridgehead atoms. The van der Waals surface area contributed by atoms with E-state index in [2.05, 4.69) is 37.3 Å². The van der Waals surface area contributed by atoms with Crippen LogP contribution in [0.15, 0.2) is 12.4 Å². The van der Waals surface area contributed by atoms with Crippen LogP contribution in [0, 0.1) is 6.92 Å². The number of likely N-dealkylation sites (N-methyl/N-ethyl adjacent to an activating group) is 1. The van der Waals surface area contributed by atoms with E-state index >= 15 is 0 Å². The van der Waals surface area contributed by atoms with Crippen LogP contribution in [0.5, 0.6) is 0 Å². The number of piperazine rings is 1. The van der Waals surface area contributed by atoms with E-state index in [1.54, 1.807) is 6.20 Å². The van der Waals surface area contributed by atoms with Crippen LogP contribution in [0.25, 0.3) is 5.65 Å². The molecule has 0 atom stereocenters. The van der Waals surface area contributed by atoms with Crippen LogP contribution < -0.4 is 5.32 Å². The van der Waals surface area contributed by atoms with Crippen LogP contribution in [0.4, 0.5) is 5.82 Å². The highest BCUT2D eigenvalue weighted by atomic mass is 15.3. The summed E-state index contributed by atoms with van der Waals surface area (Å²) in [5.41, 5.74) is 0.795. The highest BCUT2D eigenvalue weighted by Gasteiger charge is 2.13. The second kappa shape index (κ2) is 5.72. The fourth-order valence-electron chi connectivity index (χ4n) is 2.47. The maximum atomic E-state index is 4.35. The minimum absolute atomic E-state index is 0.795. The Hall–Kier alpha value is -1.73. The van der Waals surface area contributed by atoms with E-state index in [9.17, 15) is 0 Å². The first-order valence-corrected chi connectivity index (χ1v) is 7.05. The lowest BCUT2D eigenvalue weighted by Gasteiger charge is -2.32. The molecule has 1 N–H and O–H groups in total. The fourth-order valence-corrected chi connectivity index (χ4v) is 2.47. The van der Waals surface area contributed by atoms with Gasteiger partial charge in [-0.1, -0.05) is 0 Å². The van der Waals surface area contributed by atoms with Crippen molar-refractivity contribution in [2.75, 3.05) is 51.6 Å². The Morgan fingerprint density at radius 2 is 2.00 bits per heavy atom. The van der Waals surface area contributed by atoms with E-state index < -0.39 is 0 Å². The van der Waals surface area contributed by atoms with E-state index in [0.29, 0.717) is 0 Å². The SMILES string of the molecule is Cc1nnc2c(NCCN3CCN(C)CC3)nccn12. The molecule has 0 aromatic carbocycles. The average Bonchev–Trinajstić information content (AvgIpc) is 2.84. The van der Waals surface area contributed by atoms with Crippen molar-refractivity contribution in [1.82, 2.24) is 29.4 Å². The van der Waals surface area contributed by atoms with Crippen molar-refractivity contribution in [1.29, 1.82) is 0 Å². The Balaban J connectivity index is 1.57. The number of hydrogen-bond acceptors (Lipinski definition) is 6. The highest BCUT2D eigenvalue weighted by Crippen LogP contribution is 2.11. The maximum absolute atomic E-state index is 4.35. The van der Waals surface area contributed by atoms with Crippen molar-refractivity contribution in [3.63, 3.8) is 0 Å². The molecular formula is C13H21N7. The van der Waals surface area contributed by atoms with Crippen molar-refractivity contribution in [3.8, 4) is 0 Å². The van der Waals surface area contributed by atoms with Crippen molar-refractivity contribution in [3.05, 3.63) is 18.2 Å². The summed E-state index contributed by atoms with van der Waals surface area (Å²) in [6, 6.07) is 0. The predicted octanol–water partition coefficient (Wildman–Crippen LogP) is 0.0920. The molecule has 1 fully saturated rings. The van der Waals surface area contributed by atoms with Crippen LogP contribution in [0.3, 0.4) is 0 Å². The number of rotatable bonds is 4. The molecule has 20 heavy (non-hydrogen) atoms. The molecule has 1 aliphatic heterocycles. The van der Waals surface area contributed by atoms with Gasteiger partial charge >= 0.3 is 0 Å². The standard InChI is InChI=1S/C13H21N7/c1-11-16-17-13-12(15-4-6-20(11)13)14-3-5-19-9-7-18(2)8-10-19/h4,6H,3,5,7-10H2,1-2H3,(H,14,15). The molecular weight excluding hydrogens is 254 g/mol. The minimum Gasteiger partial charge on any atom is -0.366 e. The molecule has 3 heterocycles. The largest absolute Gasteiger partial charge is 0.366 e. The van der Waals surface area contributed by atoms with Gasteiger partial charge in [0.05, 0.1) is 0 Å². The van der Waals surface area contributed by atoms with Crippen molar-refractivity contribution >= 4 is 11.5 Å². The van der Waals surface area contributed by atoms with Gasteiger partial charge in [-0.25, -0.2) is 4.98 Å². The fraction of sp³-hybridized carbons (Fsp3) is 0.615. The van der Waals surface area contributed by atoms with Gasteiger partial charge in [-0.05, 0) is 14.0 Å². The predicted molar refractivity (Wildman–Crippen MR) is 77.9 cm³/mol. The number of nitrogens with one attached hydrogen (secondary N) is 1. The Labute approximate surface area is 118 Å². The highest BCUT2D eigenvalue weighted by molar-refractivity contribution is 5.61. The number of fused-ring (bicyclic) bond motifs is 1. The lowest BCUT2D eigenvalue weighted by atomic mass is 10.3. The number of aryl methyl sites for hydroxylation is 1. The van der Waals surface area contributed by atoms with Gasteiger partial charge in [-0.3, -0.25) is 9.30 Å². The molecule has 7 heteroatoms. The normalized spacial score (nSPS) is 17.7. The van der Waals surface area contributed by atoms with E-state index in [1.165, 1.54) is 0 Å². The lowest BCUT2D eigenvalue weighted by molar-refractivity contribution is 0.158. The first kappa shape index (κ1) is 13.3. The average molecular weight is 275 g/mol. The van der Waals surface area contributed by atoms with Gasteiger partial charge in [-0.15, -0.1) is 10.2 Å². The molecule has 108 valence electrons. The second-order valence-corrected chi connectivity index (χ2v) is 5.29. The molecule has 2 aromatic heterocycles. The van der Waals surface area contributed by atoms with Crippen molar-refractivity contribution < 1.29 is 0 Å². The first-order chi connectivity index (χ1) is 9.74. The van der Waals surface area contributed by atoms with Gasteiger partial charge in [0, 0.05) is 51.7 Å². The molecule has 0 unspecified atom stereocenters. The topological polar surface area (TPSA) is 61.6 Å². The van der Waals surface area contributed by atoms with E-state index in [0.717, 1.165) is 56.6 Å². The quantitative estimate of drug-likeness (QED) is 0.853. The van der Waals surface area contributed by atoms with Crippen LogP contribution in [0.2, 0.25) is 0 Å². The Kier molecular flexibility index (Phi) is 3.79.